The molecule has 0 aliphatic carbocycles. The molecule has 0 aliphatic rings. The van der Waals surface area contributed by atoms with Crippen molar-refractivity contribution in [2.24, 2.45) is 0 Å². The van der Waals surface area contributed by atoms with Crippen molar-refractivity contribution in [1.29, 1.82) is 0 Å². The molecule has 2 unspecified atom stereocenters. The summed E-state index contributed by atoms with van der Waals surface area (Å²) < 4.78 is 142. The fourth-order valence-electron chi connectivity index (χ4n) is 3.25. The minimum absolute atomic E-state index is 0.775. The van der Waals surface area contributed by atoms with Crippen LogP contribution in [0, 0.1) is 65.1 Å². The molecular weight excluding hydrogens is 491 g/mol. The van der Waals surface area contributed by atoms with Gasteiger partial charge in [0.1, 0.15) is 19.5 Å². The molecule has 0 bridgehead atoms. The van der Waals surface area contributed by atoms with Gasteiger partial charge in [-0.2, -0.15) is 0 Å². The molecule has 3 rings (SSSR count). The van der Waals surface area contributed by atoms with E-state index in [4.69, 9.17) is 0 Å². The molecule has 13 heteroatoms. The average Bonchev–Trinajstić information content (AvgIpc) is 2.76. The van der Waals surface area contributed by atoms with E-state index >= 15 is 0 Å². The number of hydrogen-bond donors (Lipinski definition) is 0. The van der Waals surface area contributed by atoms with Gasteiger partial charge in [-0.25, -0.2) is 43.9 Å². The molecule has 0 radical (unpaired) electrons. The van der Waals surface area contributed by atoms with Crippen LogP contribution in [0.2, 0.25) is 0 Å². The molecule has 3 aromatic carbocycles. The fraction of sp³-hybridized carbons (Fsp3) is 0.0526. The van der Waals surface area contributed by atoms with Crippen LogP contribution < -0.4 is 16.1 Å². The summed E-state index contributed by atoms with van der Waals surface area (Å²) >= 11 is 0. The van der Waals surface area contributed by atoms with Gasteiger partial charge in [0.05, 0.1) is 0 Å². The van der Waals surface area contributed by atoms with Crippen LogP contribution in [0.3, 0.4) is 0 Å². The highest BCUT2D eigenvalue weighted by atomic mass is 31.0. The lowest BCUT2D eigenvalue weighted by Gasteiger charge is -2.21. The molecule has 0 aromatic heterocycles. The van der Waals surface area contributed by atoms with Crippen LogP contribution in [0.4, 0.5) is 43.9 Å². The molecule has 0 fully saturated rings. The van der Waals surface area contributed by atoms with Crippen LogP contribution in [-0.2, 0) is 0 Å². The largest absolute Gasteiger partial charge is 0.206 e. The van der Waals surface area contributed by atoms with Crippen molar-refractivity contribution < 1.29 is 43.9 Å². The van der Waals surface area contributed by atoms with Crippen LogP contribution in [0.1, 0.15) is 5.56 Å². The van der Waals surface area contributed by atoms with Crippen LogP contribution in [0.25, 0.3) is 22.3 Å². The molecular formula is C19H9BF10P2. The number of benzene rings is 3. The standard InChI is InChI=1S/C19H9BF10P2/c1-2-8(21)4(3-7(20)12(25)15(28)13(26)10(3)23)18(31)5(9(2)22)6-11(24)14(27)16(29)17(30)19(6)32/h20,31-32H2,1H3. The molecule has 0 aliphatic heterocycles. The summed E-state index contributed by atoms with van der Waals surface area (Å²) in [6.07, 6.45) is 0. The Hall–Kier alpha value is -2.12. The summed E-state index contributed by atoms with van der Waals surface area (Å²) in [6, 6.07) is 0. The maximum absolute atomic E-state index is 15.0. The Bertz CT molecular complexity index is 1170. The van der Waals surface area contributed by atoms with Gasteiger partial charge in [-0.1, -0.05) is 0 Å². The van der Waals surface area contributed by atoms with E-state index in [-0.39, 0.29) is 0 Å². The lowest BCUT2D eigenvalue weighted by atomic mass is 9.83. The topological polar surface area (TPSA) is 0 Å². The first-order chi connectivity index (χ1) is 14.7. The summed E-state index contributed by atoms with van der Waals surface area (Å²) in [6.45, 7) is 0.780. The molecule has 2 atom stereocenters. The second-order valence-corrected chi connectivity index (χ2v) is 7.87. The zero-order chi connectivity index (χ0) is 24.4. The zero-order valence-electron chi connectivity index (χ0n) is 15.9. The summed E-state index contributed by atoms with van der Waals surface area (Å²) in [5.41, 5.74) is -6.30. The van der Waals surface area contributed by atoms with E-state index in [1.165, 1.54) is 9.24 Å². The Kier molecular flexibility index (Phi) is 6.39. The second-order valence-electron chi connectivity index (χ2n) is 6.72. The third-order valence-corrected chi connectivity index (χ3v) is 6.06. The highest BCUT2D eigenvalue weighted by molar-refractivity contribution is 7.29. The molecule has 0 nitrogen and oxygen atoms in total. The maximum atomic E-state index is 15.0. The molecule has 0 amide bonds. The van der Waals surface area contributed by atoms with Crippen molar-refractivity contribution >= 4 is 42.4 Å². The normalized spacial score (nSPS) is 11.4. The van der Waals surface area contributed by atoms with Gasteiger partial charge in [0.15, 0.2) is 46.5 Å². The third kappa shape index (κ3) is 3.32. The summed E-state index contributed by atoms with van der Waals surface area (Å²) in [4.78, 5) is 0. The molecule has 0 heterocycles. The van der Waals surface area contributed by atoms with E-state index in [2.05, 4.69) is 0 Å². The Morgan fingerprint density at radius 3 is 1.28 bits per heavy atom. The van der Waals surface area contributed by atoms with Crippen molar-refractivity contribution in [2.45, 2.75) is 6.92 Å². The van der Waals surface area contributed by atoms with Gasteiger partial charge in [-0.05, 0) is 17.7 Å². The first kappa shape index (κ1) is 24.5. The van der Waals surface area contributed by atoms with Crippen LogP contribution in [-0.4, -0.2) is 7.85 Å². The Morgan fingerprint density at radius 2 is 0.781 bits per heavy atom. The Morgan fingerprint density at radius 1 is 0.438 bits per heavy atom. The smallest absolute Gasteiger partial charge is 0.198 e. The first-order valence-electron chi connectivity index (χ1n) is 8.47. The molecule has 0 N–H and O–H groups in total. The number of rotatable bonds is 2. The number of hydrogen-bond acceptors (Lipinski definition) is 0. The van der Waals surface area contributed by atoms with Gasteiger partial charge >= 0.3 is 0 Å². The van der Waals surface area contributed by atoms with Crippen molar-refractivity contribution in [3.05, 3.63) is 63.7 Å². The van der Waals surface area contributed by atoms with Crippen molar-refractivity contribution in [3.8, 4) is 22.3 Å². The molecule has 168 valence electrons. The molecule has 0 saturated carbocycles. The van der Waals surface area contributed by atoms with Crippen LogP contribution in [0.15, 0.2) is 0 Å². The quantitative estimate of drug-likeness (QED) is 0.164. The van der Waals surface area contributed by atoms with Crippen molar-refractivity contribution in [3.63, 3.8) is 0 Å². The van der Waals surface area contributed by atoms with Crippen LogP contribution in [0.5, 0.6) is 0 Å². The van der Waals surface area contributed by atoms with E-state index in [0.717, 1.165) is 14.8 Å². The van der Waals surface area contributed by atoms with Gasteiger partial charge in [-0.15, -0.1) is 18.5 Å². The van der Waals surface area contributed by atoms with E-state index < -0.39 is 102 Å². The van der Waals surface area contributed by atoms with E-state index in [1.54, 1.807) is 9.24 Å². The Balaban J connectivity index is 2.59. The summed E-state index contributed by atoms with van der Waals surface area (Å²) in [7, 11) is 3.97. The molecule has 3 aromatic rings. The van der Waals surface area contributed by atoms with Crippen LogP contribution >= 0.6 is 18.5 Å². The van der Waals surface area contributed by atoms with Gasteiger partial charge in [-0.3, -0.25) is 0 Å². The summed E-state index contributed by atoms with van der Waals surface area (Å²) in [5, 5.41) is -1.80. The maximum Gasteiger partial charge on any atom is 0.198 e. The first-order valence-corrected chi connectivity index (χ1v) is 9.62. The fourth-order valence-corrected chi connectivity index (χ4v) is 4.19. The average molecular weight is 500 g/mol. The monoisotopic (exact) mass is 500 g/mol. The predicted octanol–water partition coefficient (Wildman–Crippen LogP) is 3.98. The third-order valence-electron chi connectivity index (χ3n) is 4.94. The molecule has 0 saturated heterocycles. The lowest BCUT2D eigenvalue weighted by Crippen LogP contribution is -2.24. The zero-order valence-corrected chi connectivity index (χ0v) is 18.2. The highest BCUT2D eigenvalue weighted by Crippen LogP contribution is 2.37. The minimum atomic E-state index is -2.31. The Labute approximate surface area is 179 Å². The van der Waals surface area contributed by atoms with Gasteiger partial charge in [0.2, 0.25) is 0 Å². The van der Waals surface area contributed by atoms with E-state index in [1.807, 2.05) is 0 Å². The van der Waals surface area contributed by atoms with E-state index in [9.17, 15) is 43.9 Å². The second kappa shape index (κ2) is 8.34. The number of halogens is 10. The van der Waals surface area contributed by atoms with Crippen molar-refractivity contribution in [1.82, 2.24) is 0 Å². The molecule has 0 spiro atoms. The highest BCUT2D eigenvalue weighted by Gasteiger charge is 2.33. The summed E-state index contributed by atoms with van der Waals surface area (Å²) in [5.74, 6) is -20.0. The van der Waals surface area contributed by atoms with Gasteiger partial charge in [0, 0.05) is 33.1 Å². The SMILES string of the molecule is Bc1c(F)c(F)c(F)c(F)c1-c1c(F)c(C)c(F)c(-c2c(F)c(F)c(F)c(F)c2P)c1P. The van der Waals surface area contributed by atoms with E-state index in [0.29, 0.717) is 0 Å². The van der Waals surface area contributed by atoms with Gasteiger partial charge in [0.25, 0.3) is 0 Å². The van der Waals surface area contributed by atoms with Crippen molar-refractivity contribution in [2.75, 3.05) is 0 Å². The lowest BCUT2D eigenvalue weighted by molar-refractivity contribution is 0.413. The molecule has 32 heavy (non-hydrogen) atoms. The predicted molar refractivity (Wildman–Crippen MR) is 108 cm³/mol. The van der Waals surface area contributed by atoms with Gasteiger partial charge < -0.3 is 0 Å². The minimum Gasteiger partial charge on any atom is -0.206 e.